The topological polar surface area (TPSA) is 89.3 Å². The van der Waals surface area contributed by atoms with E-state index in [0.29, 0.717) is 17.2 Å². The molecule has 0 spiro atoms. The summed E-state index contributed by atoms with van der Waals surface area (Å²) in [7, 11) is -3.43. The molecule has 1 aromatic heterocycles. The van der Waals surface area contributed by atoms with Crippen LogP contribution < -0.4 is 5.32 Å². The number of anilines is 1. The fourth-order valence-electron chi connectivity index (χ4n) is 2.13. The normalized spacial score (nSPS) is 12.9. The number of rotatable bonds is 4. The summed E-state index contributed by atoms with van der Waals surface area (Å²) < 4.78 is 28.5. The van der Waals surface area contributed by atoms with Gasteiger partial charge >= 0.3 is 0 Å². The summed E-state index contributed by atoms with van der Waals surface area (Å²) in [5.41, 5.74) is 2.74. The van der Waals surface area contributed by atoms with Crippen LogP contribution in [0.15, 0.2) is 52.9 Å². The lowest BCUT2D eigenvalue weighted by Gasteiger charge is -2.10. The smallest absolute Gasteiger partial charge is 0.242 e. The van der Waals surface area contributed by atoms with E-state index in [0.717, 1.165) is 17.3 Å². The van der Waals surface area contributed by atoms with E-state index in [1.54, 1.807) is 24.3 Å². The van der Waals surface area contributed by atoms with Crippen molar-refractivity contribution in [3.63, 3.8) is 0 Å². The number of aromatic nitrogens is 1. The highest BCUT2D eigenvalue weighted by molar-refractivity contribution is 7.92. The lowest BCUT2D eigenvalue weighted by Crippen LogP contribution is -2.31. The molecule has 3 aromatic rings. The summed E-state index contributed by atoms with van der Waals surface area (Å²) in [4.78, 5) is 16.3. The van der Waals surface area contributed by atoms with Crippen LogP contribution in [0.2, 0.25) is 0 Å². The predicted molar refractivity (Wildman–Crippen MR) is 92.4 cm³/mol. The molecular weight excluding hydrogens is 328 g/mol. The molecule has 7 heteroatoms. The van der Waals surface area contributed by atoms with Crippen molar-refractivity contribution in [1.29, 1.82) is 0 Å². The number of hydrogen-bond donors (Lipinski definition) is 1. The molecule has 1 atom stereocenters. The molecule has 0 saturated carbocycles. The molecule has 0 saturated heterocycles. The number of oxazole rings is 1. The molecule has 0 bridgehead atoms. The standard InChI is InChI=1S/C17H16N2O4S/c1-11(24(2,21)22)16(20)18-13-9-7-12(8-10-13)17-19-14-5-3-4-6-15(14)23-17/h3-11H,1-2H3,(H,18,20)/t11-/m1/s1. The molecule has 1 heterocycles. The summed E-state index contributed by atoms with van der Waals surface area (Å²) in [6, 6.07) is 14.3. The maximum Gasteiger partial charge on any atom is 0.242 e. The zero-order valence-electron chi connectivity index (χ0n) is 13.2. The first-order chi connectivity index (χ1) is 11.3. The molecule has 3 rings (SSSR count). The number of nitrogens with one attached hydrogen (secondary N) is 1. The zero-order chi connectivity index (χ0) is 17.3. The maximum absolute atomic E-state index is 11.9. The van der Waals surface area contributed by atoms with E-state index in [1.807, 2.05) is 24.3 Å². The van der Waals surface area contributed by atoms with E-state index in [4.69, 9.17) is 4.42 Å². The molecule has 0 unspecified atom stereocenters. The van der Waals surface area contributed by atoms with Crippen molar-refractivity contribution in [1.82, 2.24) is 4.98 Å². The van der Waals surface area contributed by atoms with Gasteiger partial charge in [0.15, 0.2) is 15.4 Å². The first kappa shape index (κ1) is 16.2. The molecule has 0 aliphatic heterocycles. The van der Waals surface area contributed by atoms with Gasteiger partial charge in [0.2, 0.25) is 11.8 Å². The fraction of sp³-hybridized carbons (Fsp3) is 0.176. The van der Waals surface area contributed by atoms with Crippen LogP contribution in [0.25, 0.3) is 22.6 Å². The number of benzene rings is 2. The molecule has 0 radical (unpaired) electrons. The molecule has 124 valence electrons. The molecule has 6 nitrogen and oxygen atoms in total. The Balaban J connectivity index is 1.79. The van der Waals surface area contributed by atoms with Crippen LogP contribution >= 0.6 is 0 Å². The van der Waals surface area contributed by atoms with Gasteiger partial charge in [0.1, 0.15) is 10.8 Å². The Bertz CT molecular complexity index is 958. The Hall–Kier alpha value is -2.67. The largest absolute Gasteiger partial charge is 0.436 e. The van der Waals surface area contributed by atoms with Crippen LogP contribution in [-0.2, 0) is 14.6 Å². The fourth-order valence-corrected chi connectivity index (χ4v) is 2.58. The monoisotopic (exact) mass is 344 g/mol. The average Bonchev–Trinajstić information content (AvgIpc) is 2.98. The first-order valence-corrected chi connectivity index (χ1v) is 9.26. The SMILES string of the molecule is C[C@H](C(=O)Nc1ccc(-c2nc3ccccc3o2)cc1)S(C)(=O)=O. The number of carbonyl (C=O) groups is 1. The van der Waals surface area contributed by atoms with E-state index in [-0.39, 0.29) is 0 Å². The second kappa shape index (κ2) is 6.09. The number of para-hydroxylation sites is 2. The van der Waals surface area contributed by atoms with Crippen molar-refractivity contribution in [2.45, 2.75) is 12.2 Å². The van der Waals surface area contributed by atoms with Crippen molar-refractivity contribution in [3.05, 3.63) is 48.5 Å². The van der Waals surface area contributed by atoms with Crippen LogP contribution in [0.1, 0.15) is 6.92 Å². The quantitative estimate of drug-likeness (QED) is 0.786. The van der Waals surface area contributed by atoms with Gasteiger partial charge in [-0.25, -0.2) is 13.4 Å². The first-order valence-electron chi connectivity index (χ1n) is 7.30. The van der Waals surface area contributed by atoms with Crippen molar-refractivity contribution < 1.29 is 17.6 Å². The number of amides is 1. The van der Waals surface area contributed by atoms with Gasteiger partial charge in [-0.2, -0.15) is 0 Å². The van der Waals surface area contributed by atoms with Gasteiger partial charge in [-0.1, -0.05) is 12.1 Å². The number of nitrogens with zero attached hydrogens (tertiary/aromatic N) is 1. The predicted octanol–water partition coefficient (Wildman–Crippen LogP) is 2.87. The molecule has 0 fully saturated rings. The lowest BCUT2D eigenvalue weighted by molar-refractivity contribution is -0.115. The minimum absolute atomic E-state index is 0.485. The second-order valence-corrected chi connectivity index (χ2v) is 7.89. The van der Waals surface area contributed by atoms with Crippen molar-refractivity contribution >= 4 is 32.5 Å². The second-order valence-electron chi connectivity index (χ2n) is 5.53. The Morgan fingerprint density at radius 2 is 1.79 bits per heavy atom. The van der Waals surface area contributed by atoms with E-state index < -0.39 is 21.0 Å². The third kappa shape index (κ3) is 3.30. The lowest BCUT2D eigenvalue weighted by atomic mass is 10.2. The van der Waals surface area contributed by atoms with Gasteiger partial charge < -0.3 is 9.73 Å². The number of hydrogen-bond acceptors (Lipinski definition) is 5. The number of carbonyl (C=O) groups excluding carboxylic acids is 1. The van der Waals surface area contributed by atoms with E-state index >= 15 is 0 Å². The van der Waals surface area contributed by atoms with Crippen LogP contribution in [0.4, 0.5) is 5.69 Å². The highest BCUT2D eigenvalue weighted by Gasteiger charge is 2.23. The summed E-state index contributed by atoms with van der Waals surface area (Å²) in [5, 5.41) is 1.48. The Morgan fingerprint density at radius 1 is 1.12 bits per heavy atom. The molecule has 1 amide bonds. The zero-order valence-corrected chi connectivity index (χ0v) is 14.0. The summed E-state index contributed by atoms with van der Waals surface area (Å²) in [5.74, 6) is -0.0781. The van der Waals surface area contributed by atoms with Crippen LogP contribution in [-0.4, -0.2) is 30.8 Å². The summed E-state index contributed by atoms with van der Waals surface area (Å²) in [6.45, 7) is 1.36. The molecule has 2 aromatic carbocycles. The van der Waals surface area contributed by atoms with Crippen molar-refractivity contribution in [2.24, 2.45) is 0 Å². The van der Waals surface area contributed by atoms with Gasteiger partial charge in [-0.05, 0) is 43.3 Å². The van der Waals surface area contributed by atoms with Gasteiger partial charge in [0.05, 0.1) is 0 Å². The van der Waals surface area contributed by atoms with Crippen LogP contribution in [0.5, 0.6) is 0 Å². The van der Waals surface area contributed by atoms with Crippen LogP contribution in [0.3, 0.4) is 0 Å². The van der Waals surface area contributed by atoms with E-state index in [1.165, 1.54) is 6.92 Å². The van der Waals surface area contributed by atoms with E-state index in [9.17, 15) is 13.2 Å². The third-order valence-corrected chi connectivity index (χ3v) is 5.20. The van der Waals surface area contributed by atoms with Gasteiger partial charge in [-0.3, -0.25) is 4.79 Å². The minimum Gasteiger partial charge on any atom is -0.436 e. The Kier molecular flexibility index (Phi) is 4.11. The third-order valence-electron chi connectivity index (χ3n) is 3.70. The van der Waals surface area contributed by atoms with E-state index in [2.05, 4.69) is 10.3 Å². The molecule has 24 heavy (non-hydrogen) atoms. The summed E-state index contributed by atoms with van der Waals surface area (Å²) >= 11 is 0. The molecule has 1 N–H and O–H groups in total. The Labute approximate surface area is 139 Å². The number of fused-ring (bicyclic) bond motifs is 1. The van der Waals surface area contributed by atoms with Crippen molar-refractivity contribution in [3.8, 4) is 11.5 Å². The van der Waals surface area contributed by atoms with Gasteiger partial charge in [0.25, 0.3) is 0 Å². The van der Waals surface area contributed by atoms with Gasteiger partial charge in [-0.15, -0.1) is 0 Å². The molecular formula is C17H16N2O4S. The minimum atomic E-state index is -3.43. The van der Waals surface area contributed by atoms with Crippen molar-refractivity contribution in [2.75, 3.05) is 11.6 Å². The Morgan fingerprint density at radius 3 is 2.42 bits per heavy atom. The maximum atomic E-state index is 11.9. The highest BCUT2D eigenvalue weighted by Crippen LogP contribution is 2.25. The molecule has 0 aliphatic rings. The molecule has 0 aliphatic carbocycles. The summed E-state index contributed by atoms with van der Waals surface area (Å²) in [6.07, 6.45) is 1.04. The highest BCUT2D eigenvalue weighted by atomic mass is 32.2. The van der Waals surface area contributed by atoms with Crippen LogP contribution in [0, 0.1) is 0 Å². The average molecular weight is 344 g/mol. The number of sulfone groups is 1. The van der Waals surface area contributed by atoms with Gasteiger partial charge in [0, 0.05) is 17.5 Å².